The number of H-pyrrole nitrogens is 1. The summed E-state index contributed by atoms with van der Waals surface area (Å²) in [6.45, 7) is 0. The summed E-state index contributed by atoms with van der Waals surface area (Å²) < 4.78 is 0. The highest BCUT2D eigenvalue weighted by Crippen LogP contribution is 2.25. The van der Waals surface area contributed by atoms with Gasteiger partial charge in [-0.15, -0.1) is 0 Å². The van der Waals surface area contributed by atoms with E-state index in [-0.39, 0.29) is 22.2 Å². The van der Waals surface area contributed by atoms with Gasteiger partial charge in [0, 0.05) is 21.5 Å². The molecule has 1 aromatic heterocycles. The molecule has 0 amide bonds. The Morgan fingerprint density at radius 3 is 2.21 bits per heavy atom. The van der Waals surface area contributed by atoms with Gasteiger partial charge in [-0.05, 0) is 23.8 Å². The number of rotatable bonds is 3. The zero-order valence-electron chi connectivity index (χ0n) is 15.0. The quantitative estimate of drug-likeness (QED) is 0.503. The Hall–Kier alpha value is -3.70. The molecule has 3 aromatic carbocycles. The third kappa shape index (κ3) is 3.44. The number of hydrogen-bond donors (Lipinski definition) is 2. The lowest BCUT2D eigenvalue weighted by Crippen LogP contribution is -2.06. The summed E-state index contributed by atoms with van der Waals surface area (Å²) >= 11 is 5.94. The van der Waals surface area contributed by atoms with Gasteiger partial charge in [-0.25, -0.2) is 0 Å². The molecule has 4 aromatic rings. The van der Waals surface area contributed by atoms with Gasteiger partial charge in [-0.1, -0.05) is 66.2 Å². The van der Waals surface area contributed by atoms with E-state index in [0.717, 1.165) is 0 Å². The van der Waals surface area contributed by atoms with Crippen molar-refractivity contribution < 1.29 is 9.90 Å². The number of ketones is 1. The van der Waals surface area contributed by atoms with E-state index in [9.17, 15) is 19.5 Å². The Balaban J connectivity index is 1.87. The van der Waals surface area contributed by atoms with E-state index in [1.54, 1.807) is 36.4 Å². The van der Waals surface area contributed by atoms with Crippen LogP contribution in [-0.2, 0) is 0 Å². The summed E-state index contributed by atoms with van der Waals surface area (Å²) in [5.74, 6) is -0.857. The van der Waals surface area contributed by atoms with Gasteiger partial charge in [0.1, 0.15) is 0 Å². The lowest BCUT2D eigenvalue weighted by molar-refractivity contribution is 0.103. The second-order valence-electron chi connectivity index (χ2n) is 6.47. The second-order valence-corrected chi connectivity index (χ2v) is 6.91. The fraction of sp³-hybridized carbons (Fsp3) is 0. The molecule has 2 N–H and O–H groups in total. The van der Waals surface area contributed by atoms with E-state index >= 15 is 0 Å². The number of benzene rings is 3. The molecule has 0 saturated carbocycles. The van der Waals surface area contributed by atoms with Crippen LogP contribution in [0.3, 0.4) is 0 Å². The van der Waals surface area contributed by atoms with Crippen molar-refractivity contribution in [3.63, 3.8) is 0 Å². The summed E-state index contributed by atoms with van der Waals surface area (Å²) in [4.78, 5) is 40.4. The number of aromatic amines is 1. The molecule has 0 spiro atoms. The normalized spacial score (nSPS) is 10.8. The van der Waals surface area contributed by atoms with Gasteiger partial charge in [0.2, 0.25) is 0 Å². The molecular formula is C23H14ClNO4. The third-order valence-electron chi connectivity index (χ3n) is 4.63. The Bertz CT molecular complexity index is 1360. The summed E-state index contributed by atoms with van der Waals surface area (Å²) in [5, 5.41) is 11.0. The smallest absolute Gasteiger partial charge is 0.291 e. The van der Waals surface area contributed by atoms with Gasteiger partial charge in [-0.2, -0.15) is 0 Å². The number of aromatic hydroxyl groups is 1. The van der Waals surface area contributed by atoms with Gasteiger partial charge in [-0.3, -0.25) is 14.4 Å². The van der Waals surface area contributed by atoms with Gasteiger partial charge in [0.15, 0.2) is 17.0 Å². The SMILES string of the molecule is O=C(c1ccccc1)c1ccc(-c2c(O)c(=O)[nH]c3cc(Cl)ccc3c2=O)cc1. The standard InChI is InChI=1S/C23H14ClNO4/c24-16-10-11-17-18(12-16)25-23(29)22(28)19(21(17)27)13-6-8-15(9-7-13)20(26)14-4-2-1-3-5-14/h1-12,28H,(H,25,29). The number of nitrogens with one attached hydrogen (secondary N) is 1. The Morgan fingerprint density at radius 1 is 0.862 bits per heavy atom. The van der Waals surface area contributed by atoms with Crippen LogP contribution in [0.4, 0.5) is 0 Å². The molecule has 5 nitrogen and oxygen atoms in total. The maximum atomic E-state index is 13.0. The highest BCUT2D eigenvalue weighted by atomic mass is 35.5. The van der Waals surface area contributed by atoms with Crippen molar-refractivity contribution in [2.75, 3.05) is 0 Å². The molecule has 29 heavy (non-hydrogen) atoms. The summed E-state index contributed by atoms with van der Waals surface area (Å²) in [6, 6.07) is 19.5. The molecule has 4 rings (SSSR count). The van der Waals surface area contributed by atoms with Crippen molar-refractivity contribution in [3.05, 3.63) is 110 Å². The Kier molecular flexibility index (Phi) is 4.74. The van der Waals surface area contributed by atoms with Crippen LogP contribution in [0.5, 0.6) is 5.75 Å². The number of carbonyl (C=O) groups is 1. The highest BCUT2D eigenvalue weighted by molar-refractivity contribution is 6.31. The van der Waals surface area contributed by atoms with Crippen LogP contribution >= 0.6 is 11.6 Å². The zero-order valence-corrected chi connectivity index (χ0v) is 15.7. The molecule has 0 fully saturated rings. The van der Waals surface area contributed by atoms with Gasteiger partial charge < -0.3 is 10.1 Å². The molecule has 0 atom stereocenters. The van der Waals surface area contributed by atoms with E-state index in [4.69, 9.17) is 11.6 Å². The second kappa shape index (κ2) is 7.37. The molecule has 142 valence electrons. The maximum Gasteiger partial charge on any atom is 0.291 e. The first-order valence-corrected chi connectivity index (χ1v) is 9.12. The van der Waals surface area contributed by atoms with Crippen LogP contribution in [0.25, 0.3) is 22.0 Å². The van der Waals surface area contributed by atoms with Crippen molar-refractivity contribution in [2.24, 2.45) is 0 Å². The number of halogens is 1. The average molecular weight is 404 g/mol. The van der Waals surface area contributed by atoms with Crippen molar-refractivity contribution in [3.8, 4) is 16.9 Å². The molecule has 0 radical (unpaired) electrons. The van der Waals surface area contributed by atoms with Gasteiger partial charge >= 0.3 is 0 Å². The van der Waals surface area contributed by atoms with Crippen molar-refractivity contribution in [1.29, 1.82) is 0 Å². The third-order valence-corrected chi connectivity index (χ3v) is 4.86. The summed E-state index contributed by atoms with van der Waals surface area (Å²) in [5.41, 5.74) is 0.0616. The van der Waals surface area contributed by atoms with E-state index < -0.39 is 16.7 Å². The zero-order chi connectivity index (χ0) is 20.5. The van der Waals surface area contributed by atoms with Crippen LogP contribution in [0.2, 0.25) is 5.02 Å². The van der Waals surface area contributed by atoms with Crippen LogP contribution in [0, 0.1) is 0 Å². The lowest BCUT2D eigenvalue weighted by atomic mass is 9.99. The van der Waals surface area contributed by atoms with E-state index in [1.807, 2.05) is 6.07 Å². The first kappa shape index (κ1) is 18.7. The number of carbonyl (C=O) groups excluding carboxylic acids is 1. The largest absolute Gasteiger partial charge is 0.502 e. The molecule has 0 bridgehead atoms. The molecule has 6 heteroatoms. The molecule has 0 saturated heterocycles. The Labute approximate surface area is 169 Å². The molecule has 0 aliphatic rings. The number of aromatic nitrogens is 1. The van der Waals surface area contributed by atoms with E-state index in [1.165, 1.54) is 30.3 Å². The van der Waals surface area contributed by atoms with Crippen LogP contribution < -0.4 is 11.0 Å². The number of fused-ring (bicyclic) bond motifs is 1. The number of hydrogen-bond acceptors (Lipinski definition) is 4. The van der Waals surface area contributed by atoms with Gasteiger partial charge in [0.25, 0.3) is 5.56 Å². The minimum absolute atomic E-state index is 0.137. The van der Waals surface area contributed by atoms with E-state index in [2.05, 4.69) is 4.98 Å². The predicted octanol–water partition coefficient (Wildman–Crippen LogP) is 4.15. The van der Waals surface area contributed by atoms with Crippen molar-refractivity contribution >= 4 is 28.3 Å². The monoisotopic (exact) mass is 403 g/mol. The predicted molar refractivity (Wildman–Crippen MR) is 113 cm³/mol. The fourth-order valence-corrected chi connectivity index (χ4v) is 3.34. The average Bonchev–Trinajstić information content (AvgIpc) is 2.82. The molecule has 0 unspecified atom stereocenters. The van der Waals surface area contributed by atoms with Crippen LogP contribution in [0.15, 0.2) is 82.4 Å². The molecule has 0 aliphatic heterocycles. The maximum absolute atomic E-state index is 13.0. The Morgan fingerprint density at radius 2 is 1.52 bits per heavy atom. The van der Waals surface area contributed by atoms with Crippen molar-refractivity contribution in [2.45, 2.75) is 0 Å². The first-order chi connectivity index (χ1) is 14.0. The highest BCUT2D eigenvalue weighted by Gasteiger charge is 2.16. The van der Waals surface area contributed by atoms with Crippen molar-refractivity contribution in [1.82, 2.24) is 4.98 Å². The summed E-state index contributed by atoms with van der Waals surface area (Å²) in [6.07, 6.45) is 0. The molecular weight excluding hydrogens is 390 g/mol. The first-order valence-electron chi connectivity index (χ1n) is 8.75. The topological polar surface area (TPSA) is 87.2 Å². The fourth-order valence-electron chi connectivity index (χ4n) is 3.17. The minimum Gasteiger partial charge on any atom is -0.502 e. The lowest BCUT2D eigenvalue weighted by Gasteiger charge is -2.04. The summed E-state index contributed by atoms with van der Waals surface area (Å²) in [7, 11) is 0. The molecule has 0 aliphatic carbocycles. The molecule has 1 heterocycles. The van der Waals surface area contributed by atoms with Crippen LogP contribution in [-0.4, -0.2) is 15.9 Å². The van der Waals surface area contributed by atoms with Crippen LogP contribution in [0.1, 0.15) is 15.9 Å². The van der Waals surface area contributed by atoms with E-state index in [0.29, 0.717) is 21.7 Å². The van der Waals surface area contributed by atoms with Gasteiger partial charge in [0.05, 0.1) is 11.1 Å². The minimum atomic E-state index is -0.807.